The van der Waals surface area contributed by atoms with Gasteiger partial charge in [0.05, 0.1) is 6.26 Å². The van der Waals surface area contributed by atoms with Crippen molar-refractivity contribution in [2.24, 2.45) is 0 Å². The molecule has 1 aromatic carbocycles. The van der Waals surface area contributed by atoms with Gasteiger partial charge in [0.2, 0.25) is 0 Å². The second kappa shape index (κ2) is 5.89. The Balaban J connectivity index is 2.16. The quantitative estimate of drug-likeness (QED) is 0.832. The van der Waals surface area contributed by atoms with E-state index in [2.05, 4.69) is 52.2 Å². The molecule has 1 heterocycles. The van der Waals surface area contributed by atoms with Crippen LogP contribution in [-0.4, -0.2) is 7.05 Å². The van der Waals surface area contributed by atoms with Gasteiger partial charge in [0.15, 0.2) is 5.22 Å². The normalized spacial score (nSPS) is 12.6. The van der Waals surface area contributed by atoms with Gasteiger partial charge < -0.3 is 9.73 Å². The first-order valence-corrected chi connectivity index (χ1v) is 6.81. The zero-order valence-corrected chi connectivity index (χ0v) is 12.3. The van der Waals surface area contributed by atoms with Crippen molar-refractivity contribution in [3.8, 4) is 0 Å². The molecule has 90 valence electrons. The average Bonchev–Trinajstić information content (AvgIpc) is 2.75. The maximum atomic E-state index is 6.00. The standard InChI is InChI=1S/C13H13ClINO/c1-16-12(11-6-7-17-13(11)14)8-9-2-4-10(15)5-3-9/h2-7,12,16H,8H2,1H3. The van der Waals surface area contributed by atoms with E-state index < -0.39 is 0 Å². The van der Waals surface area contributed by atoms with E-state index in [4.69, 9.17) is 16.0 Å². The maximum absolute atomic E-state index is 6.00. The van der Waals surface area contributed by atoms with Gasteiger partial charge >= 0.3 is 0 Å². The van der Waals surface area contributed by atoms with Crippen molar-refractivity contribution in [1.29, 1.82) is 0 Å². The van der Waals surface area contributed by atoms with Gasteiger partial charge in [0.1, 0.15) is 0 Å². The Morgan fingerprint density at radius 3 is 2.53 bits per heavy atom. The molecule has 2 rings (SSSR count). The Labute approximate surface area is 119 Å². The molecule has 0 saturated carbocycles. The van der Waals surface area contributed by atoms with Gasteiger partial charge in [-0.3, -0.25) is 0 Å². The predicted octanol–water partition coefficient (Wildman–Crippen LogP) is 4.04. The highest BCUT2D eigenvalue weighted by atomic mass is 127. The summed E-state index contributed by atoms with van der Waals surface area (Å²) < 4.78 is 6.37. The van der Waals surface area contributed by atoms with Crippen LogP contribution in [0.5, 0.6) is 0 Å². The highest BCUT2D eigenvalue weighted by Crippen LogP contribution is 2.26. The van der Waals surface area contributed by atoms with Crippen LogP contribution in [0.4, 0.5) is 0 Å². The van der Waals surface area contributed by atoms with Gasteiger partial charge in [-0.2, -0.15) is 0 Å². The molecule has 1 atom stereocenters. The van der Waals surface area contributed by atoms with Gasteiger partial charge in [0.25, 0.3) is 0 Å². The van der Waals surface area contributed by atoms with E-state index in [0.29, 0.717) is 5.22 Å². The molecule has 1 aromatic heterocycles. The summed E-state index contributed by atoms with van der Waals surface area (Å²) in [5, 5.41) is 3.73. The van der Waals surface area contributed by atoms with Crippen molar-refractivity contribution < 1.29 is 4.42 Å². The molecule has 4 heteroatoms. The molecule has 2 aromatic rings. The van der Waals surface area contributed by atoms with Crippen LogP contribution in [0.1, 0.15) is 17.2 Å². The van der Waals surface area contributed by atoms with E-state index in [1.54, 1.807) is 6.26 Å². The predicted molar refractivity (Wildman–Crippen MR) is 78.4 cm³/mol. The molecule has 0 aliphatic carbocycles. The third-order valence-corrected chi connectivity index (χ3v) is 3.75. The van der Waals surface area contributed by atoms with Gasteiger partial charge in [0, 0.05) is 15.2 Å². The summed E-state index contributed by atoms with van der Waals surface area (Å²) in [6.45, 7) is 0. The lowest BCUT2D eigenvalue weighted by molar-refractivity contribution is 0.544. The van der Waals surface area contributed by atoms with Crippen LogP contribution >= 0.6 is 34.2 Å². The molecule has 0 amide bonds. The van der Waals surface area contributed by atoms with Crippen LogP contribution < -0.4 is 5.32 Å². The summed E-state index contributed by atoms with van der Waals surface area (Å²) in [6, 6.07) is 10.6. The van der Waals surface area contributed by atoms with E-state index in [9.17, 15) is 0 Å². The molecule has 1 unspecified atom stereocenters. The Kier molecular flexibility index (Phi) is 4.48. The van der Waals surface area contributed by atoms with Crippen LogP contribution in [0.3, 0.4) is 0 Å². The smallest absolute Gasteiger partial charge is 0.197 e. The third-order valence-electron chi connectivity index (χ3n) is 2.72. The SMILES string of the molecule is CNC(Cc1ccc(I)cc1)c1ccoc1Cl. The molecule has 0 saturated heterocycles. The first-order valence-electron chi connectivity index (χ1n) is 5.35. The molecule has 2 nitrogen and oxygen atoms in total. The number of hydrogen-bond donors (Lipinski definition) is 1. The number of benzene rings is 1. The number of hydrogen-bond acceptors (Lipinski definition) is 2. The van der Waals surface area contributed by atoms with Crippen molar-refractivity contribution in [2.75, 3.05) is 7.05 Å². The fraction of sp³-hybridized carbons (Fsp3) is 0.231. The van der Waals surface area contributed by atoms with Crippen LogP contribution in [0.25, 0.3) is 0 Å². The zero-order chi connectivity index (χ0) is 12.3. The van der Waals surface area contributed by atoms with Crippen LogP contribution in [0.15, 0.2) is 41.0 Å². The number of likely N-dealkylation sites (N-methyl/N-ethyl adjacent to an activating group) is 1. The molecule has 0 aliphatic heterocycles. The minimum atomic E-state index is 0.182. The zero-order valence-electron chi connectivity index (χ0n) is 9.41. The summed E-state index contributed by atoms with van der Waals surface area (Å²) in [5.74, 6) is 0. The number of halogens is 2. The van der Waals surface area contributed by atoms with Crippen molar-refractivity contribution in [3.63, 3.8) is 0 Å². The Morgan fingerprint density at radius 2 is 2.00 bits per heavy atom. The molecule has 0 aliphatic rings. The number of nitrogens with one attached hydrogen (secondary N) is 1. The van der Waals surface area contributed by atoms with Gasteiger partial charge in [-0.15, -0.1) is 0 Å². The van der Waals surface area contributed by atoms with Crippen LogP contribution in [-0.2, 0) is 6.42 Å². The Morgan fingerprint density at radius 1 is 1.29 bits per heavy atom. The summed E-state index contributed by atoms with van der Waals surface area (Å²) >= 11 is 8.30. The van der Waals surface area contributed by atoms with E-state index in [0.717, 1.165) is 12.0 Å². The average molecular weight is 362 g/mol. The van der Waals surface area contributed by atoms with E-state index in [-0.39, 0.29) is 6.04 Å². The van der Waals surface area contributed by atoms with E-state index >= 15 is 0 Å². The van der Waals surface area contributed by atoms with Gasteiger partial charge in [-0.1, -0.05) is 12.1 Å². The molecule has 0 spiro atoms. The van der Waals surface area contributed by atoms with Crippen molar-refractivity contribution in [1.82, 2.24) is 5.32 Å². The Hall–Kier alpha value is -0.520. The third kappa shape index (κ3) is 3.24. The summed E-state index contributed by atoms with van der Waals surface area (Å²) in [7, 11) is 1.93. The highest BCUT2D eigenvalue weighted by Gasteiger charge is 2.15. The first-order chi connectivity index (χ1) is 8.20. The van der Waals surface area contributed by atoms with Crippen molar-refractivity contribution in [2.45, 2.75) is 12.5 Å². The number of rotatable bonds is 4. The van der Waals surface area contributed by atoms with Gasteiger partial charge in [-0.05, 0) is 71.4 Å². The first kappa shape index (κ1) is 12.9. The molecular formula is C13H13ClINO. The summed E-state index contributed by atoms with van der Waals surface area (Å²) in [5.41, 5.74) is 2.29. The molecule has 0 fully saturated rings. The monoisotopic (exact) mass is 361 g/mol. The molecule has 17 heavy (non-hydrogen) atoms. The van der Waals surface area contributed by atoms with E-state index in [1.165, 1.54) is 9.13 Å². The molecule has 1 N–H and O–H groups in total. The topological polar surface area (TPSA) is 25.2 Å². The fourth-order valence-corrected chi connectivity index (χ4v) is 2.38. The van der Waals surface area contributed by atoms with Crippen molar-refractivity contribution in [3.05, 3.63) is 56.5 Å². The van der Waals surface area contributed by atoms with E-state index in [1.807, 2.05) is 13.1 Å². The molecule has 0 bridgehead atoms. The molecular weight excluding hydrogens is 349 g/mol. The minimum Gasteiger partial charge on any atom is -0.453 e. The lowest BCUT2D eigenvalue weighted by atomic mass is 10.0. The summed E-state index contributed by atoms with van der Waals surface area (Å²) in [4.78, 5) is 0. The maximum Gasteiger partial charge on any atom is 0.197 e. The van der Waals surface area contributed by atoms with Crippen molar-refractivity contribution >= 4 is 34.2 Å². The summed E-state index contributed by atoms with van der Waals surface area (Å²) in [6.07, 6.45) is 2.52. The molecule has 0 radical (unpaired) electrons. The lowest BCUT2D eigenvalue weighted by Crippen LogP contribution is -2.18. The van der Waals surface area contributed by atoms with Crippen LogP contribution in [0.2, 0.25) is 5.22 Å². The highest BCUT2D eigenvalue weighted by molar-refractivity contribution is 14.1. The minimum absolute atomic E-state index is 0.182. The Bertz CT molecular complexity index is 480. The number of furan rings is 1. The fourth-order valence-electron chi connectivity index (χ4n) is 1.78. The largest absolute Gasteiger partial charge is 0.453 e. The van der Waals surface area contributed by atoms with Gasteiger partial charge in [-0.25, -0.2) is 0 Å². The second-order valence-corrected chi connectivity index (χ2v) is 5.41. The second-order valence-electron chi connectivity index (χ2n) is 3.82. The van der Waals surface area contributed by atoms with Crippen LogP contribution in [0, 0.1) is 3.57 Å². The lowest BCUT2D eigenvalue weighted by Gasteiger charge is -2.15.